The van der Waals surface area contributed by atoms with E-state index in [4.69, 9.17) is 18.9 Å². The van der Waals surface area contributed by atoms with Gasteiger partial charge in [-0.1, -0.05) is 27.7 Å². The summed E-state index contributed by atoms with van der Waals surface area (Å²) < 4.78 is 17.1. The second kappa shape index (κ2) is 14.7. The predicted octanol–water partition coefficient (Wildman–Crippen LogP) is 0.988. The van der Waals surface area contributed by atoms with Crippen molar-refractivity contribution in [3.8, 4) is 0 Å². The van der Waals surface area contributed by atoms with Gasteiger partial charge in [-0.2, -0.15) is 0 Å². The molecule has 0 bridgehead atoms. The van der Waals surface area contributed by atoms with E-state index in [0.29, 0.717) is 31.8 Å². The van der Waals surface area contributed by atoms with Crippen LogP contribution in [0.4, 0.5) is 4.79 Å². The van der Waals surface area contributed by atoms with E-state index in [9.17, 15) is 14.4 Å². The highest BCUT2D eigenvalue weighted by Gasteiger charge is 2.61. The molecule has 222 valence electrons. The van der Waals surface area contributed by atoms with Crippen LogP contribution in [-0.4, -0.2) is 89.7 Å². The average Bonchev–Trinajstić information content (AvgIpc) is 3.50. The van der Waals surface area contributed by atoms with Crippen molar-refractivity contribution in [1.29, 1.82) is 5.41 Å². The minimum Gasteiger partial charge on any atom is -0.428 e. The fourth-order valence-electron chi connectivity index (χ4n) is 6.23. The molecule has 2 amide bonds. The van der Waals surface area contributed by atoms with Gasteiger partial charge in [0.25, 0.3) is 0 Å². The highest BCUT2D eigenvalue weighted by molar-refractivity contribution is 7.32. The minimum absolute atomic E-state index is 0.0377. The molecule has 0 radical (unpaired) electrons. The van der Waals surface area contributed by atoms with Crippen molar-refractivity contribution in [2.45, 2.75) is 71.3 Å². The first-order chi connectivity index (χ1) is 19.1. The molecule has 3 aliphatic heterocycles. The van der Waals surface area contributed by atoms with Crippen molar-refractivity contribution in [2.24, 2.45) is 17.8 Å². The van der Waals surface area contributed by atoms with Crippen molar-refractivity contribution in [3.05, 3.63) is 11.3 Å². The van der Waals surface area contributed by atoms with E-state index in [1.807, 2.05) is 6.92 Å². The summed E-state index contributed by atoms with van der Waals surface area (Å²) in [6, 6.07) is 2.88. The van der Waals surface area contributed by atoms with E-state index < -0.39 is 20.4 Å². The Morgan fingerprint density at radius 1 is 1.15 bits per heavy atom. The molecule has 4 N–H and O–H groups in total. The van der Waals surface area contributed by atoms with Gasteiger partial charge >= 0.3 is 12.1 Å². The lowest BCUT2D eigenvalue weighted by Gasteiger charge is -2.49. The largest absolute Gasteiger partial charge is 0.428 e. The van der Waals surface area contributed by atoms with E-state index >= 15 is 0 Å². The lowest BCUT2D eigenvalue weighted by molar-refractivity contribution is -0.161. The number of nitrogens with zero attached hydrogens (tertiary/aromatic N) is 2. The van der Waals surface area contributed by atoms with Crippen LogP contribution in [0.25, 0.3) is 0 Å². The number of carbonyl (C=O) groups is 3. The van der Waals surface area contributed by atoms with E-state index in [1.165, 1.54) is 0 Å². The number of hydrogen-bond donors (Lipinski definition) is 4. The smallest absolute Gasteiger partial charge is 0.416 e. The Bertz CT molecular complexity index is 1000. The molecule has 12 nitrogen and oxygen atoms in total. The van der Waals surface area contributed by atoms with Gasteiger partial charge in [0, 0.05) is 24.9 Å². The van der Waals surface area contributed by atoms with Crippen LogP contribution in [0, 0.1) is 23.2 Å². The van der Waals surface area contributed by atoms with Gasteiger partial charge in [0.2, 0.25) is 5.91 Å². The molecular weight excluding hydrogens is 568 g/mol. The van der Waals surface area contributed by atoms with Crippen molar-refractivity contribution < 1.29 is 27.9 Å². The van der Waals surface area contributed by atoms with Crippen LogP contribution in [0.3, 0.4) is 0 Å². The number of hydrogen-bond acceptors (Lipinski definition) is 10. The van der Waals surface area contributed by atoms with Gasteiger partial charge in [0.1, 0.15) is 29.4 Å². The normalized spacial score (nSPS) is 26.0. The average molecular weight is 612 g/mol. The Balaban J connectivity index is 1.76. The van der Waals surface area contributed by atoms with Gasteiger partial charge in [-0.05, 0) is 43.6 Å². The molecule has 0 aliphatic carbocycles. The summed E-state index contributed by atoms with van der Waals surface area (Å²) >= 11 is 0. The van der Waals surface area contributed by atoms with Crippen LogP contribution in [0.5, 0.6) is 0 Å². The zero-order valence-electron chi connectivity index (χ0n) is 24.7. The molecule has 2 saturated heterocycles. The van der Waals surface area contributed by atoms with E-state index in [2.05, 4.69) is 47.9 Å². The number of β-lactam (4-membered cyclic amide) rings is 1. The van der Waals surface area contributed by atoms with Crippen LogP contribution in [0.15, 0.2) is 11.3 Å². The molecule has 0 aromatic heterocycles. The standard InChI is InChI=1S/C23H44B2N6O6P2Si/c1-6-40(7-2,8-3)37-14(5)17-18-13(4)16(19(31(18)21(17)32)22(33)35-38-28-24)12-30-10-9-15(11-30)20(26)27-23(34)36-39-29-25/h13-15,17-18,28-29,38-39H,6-12,24-25H2,1-5H3,(H2,26,27,34)/t13-,14+,15-,17?,18+/m0/s1. The summed E-state index contributed by atoms with van der Waals surface area (Å²) in [6.07, 6.45) is -0.164. The Hall–Kier alpha value is -1.33. The first-order valence-electron chi connectivity index (χ1n) is 14.1. The maximum atomic E-state index is 13.6. The third-order valence-corrected chi connectivity index (χ3v) is 14.4. The van der Waals surface area contributed by atoms with Crippen LogP contribution in [0.2, 0.25) is 18.1 Å². The van der Waals surface area contributed by atoms with Gasteiger partial charge in [0.05, 0.1) is 18.1 Å². The number of fused-ring (bicyclic) bond motifs is 1. The Morgan fingerprint density at radius 2 is 1.77 bits per heavy atom. The van der Waals surface area contributed by atoms with E-state index in [0.717, 1.165) is 23.7 Å². The van der Waals surface area contributed by atoms with Crippen molar-refractivity contribution in [1.82, 2.24) is 25.1 Å². The Kier molecular flexibility index (Phi) is 12.2. The van der Waals surface area contributed by atoms with Gasteiger partial charge in [-0.3, -0.25) is 20.4 Å². The number of carbonyl (C=O) groups excluding carboxylic acids is 3. The van der Waals surface area contributed by atoms with Gasteiger partial charge in [0.15, 0.2) is 24.3 Å². The summed E-state index contributed by atoms with van der Waals surface area (Å²) in [7, 11) is 1.09. The van der Waals surface area contributed by atoms with E-state index in [-0.39, 0.29) is 59.6 Å². The summed E-state index contributed by atoms with van der Waals surface area (Å²) in [6.45, 7) is 12.4. The SMILES string of the molecule is BNPOC(=O)NC(=N)[C@H]1CCN(CC2=C(C(=O)OPNB)N3C(=O)C([C@@H](C)O[Si](CC)(CC)CC)[C@H]3[C@H]2C)C1. The van der Waals surface area contributed by atoms with Crippen molar-refractivity contribution >= 4 is 66.0 Å². The molecule has 3 heterocycles. The molecule has 7 atom stereocenters. The second-order valence-corrected chi connectivity index (χ2v) is 17.2. The maximum absolute atomic E-state index is 13.6. The van der Waals surface area contributed by atoms with Crippen molar-refractivity contribution in [2.75, 3.05) is 19.6 Å². The maximum Gasteiger partial charge on any atom is 0.416 e. The van der Waals surface area contributed by atoms with Crippen LogP contribution < -0.4 is 15.3 Å². The van der Waals surface area contributed by atoms with Crippen LogP contribution >= 0.6 is 17.9 Å². The number of amidine groups is 1. The Morgan fingerprint density at radius 3 is 2.38 bits per heavy atom. The second-order valence-electron chi connectivity index (χ2n) is 10.7. The summed E-state index contributed by atoms with van der Waals surface area (Å²) in [4.78, 5) is 48.1. The molecule has 3 rings (SSSR count). The number of rotatable bonds is 14. The Labute approximate surface area is 244 Å². The fraction of sp³-hybridized carbons (Fsp3) is 0.739. The first-order valence-corrected chi connectivity index (χ1v) is 18.5. The molecule has 40 heavy (non-hydrogen) atoms. The molecule has 0 saturated carbocycles. The lowest BCUT2D eigenvalue weighted by Crippen LogP contribution is -2.65. The summed E-state index contributed by atoms with van der Waals surface area (Å²) in [5.41, 5.74) is 1.24. The predicted molar refractivity (Wildman–Crippen MR) is 166 cm³/mol. The fourth-order valence-corrected chi connectivity index (χ4v) is 9.70. The zero-order valence-corrected chi connectivity index (χ0v) is 27.7. The molecule has 2 fully saturated rings. The number of amides is 2. The molecule has 0 aromatic carbocycles. The minimum atomic E-state index is -1.92. The zero-order chi connectivity index (χ0) is 29.6. The molecule has 0 aromatic rings. The first kappa shape index (κ1) is 33.2. The quantitative estimate of drug-likeness (QED) is 0.0742. The summed E-state index contributed by atoms with van der Waals surface area (Å²) in [5.74, 6) is -0.932. The third-order valence-electron chi connectivity index (χ3n) is 8.67. The van der Waals surface area contributed by atoms with Crippen LogP contribution in [-0.2, 0) is 23.1 Å². The van der Waals surface area contributed by atoms with Gasteiger partial charge in [-0.25, -0.2) is 9.59 Å². The van der Waals surface area contributed by atoms with Crippen molar-refractivity contribution in [3.63, 3.8) is 0 Å². The summed E-state index contributed by atoms with van der Waals surface area (Å²) in [5, 5.41) is 10.8. The van der Waals surface area contributed by atoms with E-state index in [1.54, 1.807) is 20.9 Å². The molecule has 0 spiro atoms. The number of nitrogens with one attached hydrogen (secondary N) is 4. The number of likely N-dealkylation sites (tertiary alicyclic amines) is 1. The molecule has 3 unspecified atom stereocenters. The monoisotopic (exact) mass is 612 g/mol. The van der Waals surface area contributed by atoms with Crippen LogP contribution in [0.1, 0.15) is 41.0 Å². The molecular formula is C23H44B2N6O6P2Si. The molecule has 17 heteroatoms. The van der Waals surface area contributed by atoms with Gasteiger partial charge < -0.3 is 28.4 Å². The topological polar surface area (TPSA) is 145 Å². The molecule has 3 aliphatic rings. The lowest BCUT2D eigenvalue weighted by atomic mass is 9.77. The third kappa shape index (κ3) is 6.99. The van der Waals surface area contributed by atoms with Gasteiger partial charge in [-0.15, -0.1) is 0 Å². The highest BCUT2D eigenvalue weighted by atomic mass is 31.1. The highest BCUT2D eigenvalue weighted by Crippen LogP contribution is 2.49.